The SMILES string of the molecule is COc1ccc(Cl)cc1C(Br)C1CCCOC1. The van der Waals surface area contributed by atoms with Crippen LogP contribution in [0.3, 0.4) is 0 Å². The molecule has 1 aromatic rings. The molecule has 0 radical (unpaired) electrons. The van der Waals surface area contributed by atoms with Crippen LogP contribution in [0.4, 0.5) is 0 Å². The van der Waals surface area contributed by atoms with E-state index in [1.165, 1.54) is 6.42 Å². The number of halogens is 2. The number of benzene rings is 1. The number of rotatable bonds is 3. The first kappa shape index (κ1) is 13.2. The molecule has 2 nitrogen and oxygen atoms in total. The van der Waals surface area contributed by atoms with Gasteiger partial charge in [-0.2, -0.15) is 0 Å². The van der Waals surface area contributed by atoms with Gasteiger partial charge in [0, 0.05) is 22.0 Å². The number of hydrogen-bond acceptors (Lipinski definition) is 2. The van der Waals surface area contributed by atoms with E-state index in [-0.39, 0.29) is 4.83 Å². The fourth-order valence-corrected chi connectivity index (χ4v) is 3.13. The van der Waals surface area contributed by atoms with Gasteiger partial charge in [-0.05, 0) is 37.0 Å². The van der Waals surface area contributed by atoms with E-state index >= 15 is 0 Å². The van der Waals surface area contributed by atoms with Gasteiger partial charge in [-0.25, -0.2) is 0 Å². The van der Waals surface area contributed by atoms with Crippen LogP contribution in [-0.2, 0) is 4.74 Å². The lowest BCUT2D eigenvalue weighted by Crippen LogP contribution is -2.21. The third-order valence-electron chi connectivity index (χ3n) is 3.10. The van der Waals surface area contributed by atoms with Gasteiger partial charge in [0.05, 0.1) is 13.7 Å². The van der Waals surface area contributed by atoms with Crippen LogP contribution in [0.1, 0.15) is 23.2 Å². The maximum atomic E-state index is 6.05. The first-order valence-corrected chi connectivity index (χ1v) is 7.07. The predicted molar refractivity (Wildman–Crippen MR) is 73.2 cm³/mol. The Bertz CT molecular complexity index is 378. The minimum atomic E-state index is 0.233. The van der Waals surface area contributed by atoms with Crippen LogP contribution in [0.25, 0.3) is 0 Å². The molecule has 2 rings (SSSR count). The van der Waals surface area contributed by atoms with Crippen molar-refractivity contribution in [1.82, 2.24) is 0 Å². The second-order valence-electron chi connectivity index (χ2n) is 4.27. The van der Waals surface area contributed by atoms with Crippen LogP contribution >= 0.6 is 27.5 Å². The molecule has 17 heavy (non-hydrogen) atoms. The van der Waals surface area contributed by atoms with Crippen molar-refractivity contribution in [3.63, 3.8) is 0 Å². The Morgan fingerprint density at radius 2 is 2.35 bits per heavy atom. The third-order valence-corrected chi connectivity index (χ3v) is 4.57. The summed E-state index contributed by atoms with van der Waals surface area (Å²) in [6.45, 7) is 1.68. The van der Waals surface area contributed by atoms with E-state index in [0.29, 0.717) is 5.92 Å². The first-order valence-electron chi connectivity index (χ1n) is 5.77. The van der Waals surface area contributed by atoms with E-state index in [1.807, 2.05) is 18.2 Å². The molecule has 0 aromatic heterocycles. The van der Waals surface area contributed by atoms with Crippen LogP contribution in [0.2, 0.25) is 5.02 Å². The molecular formula is C13H16BrClO2. The molecule has 0 saturated carbocycles. The van der Waals surface area contributed by atoms with Crippen LogP contribution in [-0.4, -0.2) is 20.3 Å². The van der Waals surface area contributed by atoms with Crippen molar-refractivity contribution >= 4 is 27.5 Å². The van der Waals surface area contributed by atoms with Crippen LogP contribution in [0, 0.1) is 5.92 Å². The summed E-state index contributed by atoms with van der Waals surface area (Å²) in [5, 5.41) is 0.738. The van der Waals surface area contributed by atoms with Crippen molar-refractivity contribution < 1.29 is 9.47 Å². The van der Waals surface area contributed by atoms with Gasteiger partial charge in [0.1, 0.15) is 5.75 Å². The average molecular weight is 320 g/mol. The van der Waals surface area contributed by atoms with E-state index in [2.05, 4.69) is 15.9 Å². The zero-order chi connectivity index (χ0) is 12.3. The monoisotopic (exact) mass is 318 g/mol. The zero-order valence-corrected chi connectivity index (χ0v) is 12.1. The topological polar surface area (TPSA) is 18.5 Å². The van der Waals surface area contributed by atoms with Crippen molar-refractivity contribution in [2.24, 2.45) is 5.92 Å². The molecule has 0 spiro atoms. The molecule has 1 fully saturated rings. The van der Waals surface area contributed by atoms with Gasteiger partial charge in [-0.15, -0.1) is 0 Å². The smallest absolute Gasteiger partial charge is 0.123 e. The highest BCUT2D eigenvalue weighted by Gasteiger charge is 2.25. The maximum absolute atomic E-state index is 6.05. The highest BCUT2D eigenvalue weighted by atomic mass is 79.9. The van der Waals surface area contributed by atoms with Crippen molar-refractivity contribution in [3.8, 4) is 5.75 Å². The van der Waals surface area contributed by atoms with Gasteiger partial charge in [-0.3, -0.25) is 0 Å². The fraction of sp³-hybridized carbons (Fsp3) is 0.538. The Morgan fingerprint density at radius 3 is 3.00 bits per heavy atom. The quantitative estimate of drug-likeness (QED) is 0.777. The Kier molecular flexibility index (Phi) is 4.71. The van der Waals surface area contributed by atoms with Gasteiger partial charge in [0.15, 0.2) is 0 Å². The standard InChI is InChI=1S/C13H16BrClO2/c1-16-12-5-4-10(15)7-11(12)13(14)9-3-2-6-17-8-9/h4-5,7,9,13H,2-3,6,8H2,1H3. The summed E-state index contributed by atoms with van der Waals surface area (Å²) in [5.74, 6) is 1.36. The molecule has 1 saturated heterocycles. The summed E-state index contributed by atoms with van der Waals surface area (Å²) in [5.41, 5.74) is 1.11. The largest absolute Gasteiger partial charge is 0.496 e. The van der Waals surface area contributed by atoms with Gasteiger partial charge < -0.3 is 9.47 Å². The van der Waals surface area contributed by atoms with Crippen LogP contribution < -0.4 is 4.74 Å². The van der Waals surface area contributed by atoms with E-state index in [9.17, 15) is 0 Å². The molecule has 2 atom stereocenters. The van der Waals surface area contributed by atoms with Gasteiger partial charge in [0.2, 0.25) is 0 Å². The Labute approximate surface area is 115 Å². The lowest BCUT2D eigenvalue weighted by Gasteiger charge is -2.27. The van der Waals surface area contributed by atoms with Crippen LogP contribution in [0.5, 0.6) is 5.75 Å². The van der Waals surface area contributed by atoms with Crippen LogP contribution in [0.15, 0.2) is 18.2 Å². The molecule has 1 aromatic carbocycles. The predicted octanol–water partition coefficient (Wildman–Crippen LogP) is 4.21. The minimum absolute atomic E-state index is 0.233. The fourth-order valence-electron chi connectivity index (χ4n) is 2.17. The van der Waals surface area contributed by atoms with Crippen molar-refractivity contribution in [2.75, 3.05) is 20.3 Å². The van der Waals surface area contributed by atoms with E-state index in [1.54, 1.807) is 7.11 Å². The zero-order valence-electron chi connectivity index (χ0n) is 9.79. The third kappa shape index (κ3) is 3.15. The Morgan fingerprint density at radius 1 is 1.53 bits per heavy atom. The van der Waals surface area contributed by atoms with Gasteiger partial charge >= 0.3 is 0 Å². The second kappa shape index (κ2) is 6.07. The molecule has 0 aliphatic carbocycles. The van der Waals surface area contributed by atoms with E-state index in [0.717, 1.165) is 36.0 Å². The number of alkyl halides is 1. The number of hydrogen-bond donors (Lipinski definition) is 0. The Balaban J connectivity index is 2.21. The van der Waals surface area contributed by atoms with Gasteiger partial charge in [0.25, 0.3) is 0 Å². The van der Waals surface area contributed by atoms with Crippen molar-refractivity contribution in [1.29, 1.82) is 0 Å². The summed E-state index contributed by atoms with van der Waals surface area (Å²) < 4.78 is 10.9. The molecular weight excluding hydrogens is 303 g/mol. The molecule has 4 heteroatoms. The molecule has 1 heterocycles. The number of ether oxygens (including phenoxy) is 2. The molecule has 0 amide bonds. The summed E-state index contributed by atoms with van der Waals surface area (Å²) in [7, 11) is 1.68. The number of methoxy groups -OCH3 is 1. The lowest BCUT2D eigenvalue weighted by molar-refractivity contribution is 0.0544. The summed E-state index contributed by atoms with van der Waals surface area (Å²) >= 11 is 9.80. The van der Waals surface area contributed by atoms with Gasteiger partial charge in [-0.1, -0.05) is 27.5 Å². The molecule has 0 bridgehead atoms. The summed E-state index contributed by atoms with van der Waals surface area (Å²) in [6, 6.07) is 5.73. The molecule has 0 N–H and O–H groups in total. The first-order chi connectivity index (χ1) is 8.22. The lowest BCUT2D eigenvalue weighted by atomic mass is 9.93. The minimum Gasteiger partial charge on any atom is -0.496 e. The van der Waals surface area contributed by atoms with Crippen molar-refractivity contribution in [3.05, 3.63) is 28.8 Å². The highest BCUT2D eigenvalue weighted by Crippen LogP contribution is 2.41. The highest BCUT2D eigenvalue weighted by molar-refractivity contribution is 9.09. The maximum Gasteiger partial charge on any atom is 0.123 e. The van der Waals surface area contributed by atoms with Crippen molar-refractivity contribution in [2.45, 2.75) is 17.7 Å². The molecule has 2 unspecified atom stereocenters. The molecule has 1 aliphatic rings. The van der Waals surface area contributed by atoms with E-state index < -0.39 is 0 Å². The molecule has 1 aliphatic heterocycles. The molecule has 94 valence electrons. The van der Waals surface area contributed by atoms with E-state index in [4.69, 9.17) is 21.1 Å². The normalized spacial score (nSPS) is 22.2. The average Bonchev–Trinajstić information content (AvgIpc) is 2.39. The summed E-state index contributed by atoms with van der Waals surface area (Å²) in [6.07, 6.45) is 2.29. The Hall–Kier alpha value is -0.250. The summed E-state index contributed by atoms with van der Waals surface area (Å²) in [4.78, 5) is 0.233. The second-order valence-corrected chi connectivity index (χ2v) is 5.69.